The van der Waals surface area contributed by atoms with Gasteiger partial charge < -0.3 is 0 Å². The SMILES string of the molecule is Cc1c(Cl)cnn1CC1CN(S(C)(=O)=O)C1. The Bertz CT molecular complexity index is 491. The molecule has 0 aromatic carbocycles. The van der Waals surface area contributed by atoms with E-state index in [1.165, 1.54) is 10.6 Å². The van der Waals surface area contributed by atoms with E-state index in [1.807, 2.05) is 11.6 Å². The largest absolute Gasteiger partial charge is 0.268 e. The van der Waals surface area contributed by atoms with Crippen LogP contribution in [0.2, 0.25) is 5.02 Å². The van der Waals surface area contributed by atoms with Crippen LogP contribution in [0.15, 0.2) is 6.20 Å². The average molecular weight is 264 g/mol. The van der Waals surface area contributed by atoms with E-state index in [0.717, 1.165) is 12.2 Å². The third kappa shape index (κ3) is 2.23. The van der Waals surface area contributed by atoms with Crippen molar-refractivity contribution >= 4 is 21.6 Å². The summed E-state index contributed by atoms with van der Waals surface area (Å²) in [6.45, 7) is 3.79. The van der Waals surface area contributed by atoms with E-state index in [0.29, 0.717) is 24.0 Å². The predicted molar refractivity (Wildman–Crippen MR) is 61.9 cm³/mol. The minimum atomic E-state index is -3.02. The summed E-state index contributed by atoms with van der Waals surface area (Å²) in [5.74, 6) is 0.337. The third-order valence-corrected chi connectivity index (χ3v) is 4.47. The zero-order valence-electron chi connectivity index (χ0n) is 9.22. The zero-order valence-corrected chi connectivity index (χ0v) is 10.8. The quantitative estimate of drug-likeness (QED) is 0.808. The Morgan fingerprint density at radius 2 is 2.19 bits per heavy atom. The summed E-state index contributed by atoms with van der Waals surface area (Å²) in [6, 6.07) is 0. The maximum absolute atomic E-state index is 11.2. The van der Waals surface area contributed by atoms with Crippen LogP contribution in [0.25, 0.3) is 0 Å². The summed E-state index contributed by atoms with van der Waals surface area (Å²) in [5.41, 5.74) is 0.930. The highest BCUT2D eigenvalue weighted by Gasteiger charge is 2.33. The molecular formula is C9H14ClN3O2S. The van der Waals surface area contributed by atoms with E-state index >= 15 is 0 Å². The second-order valence-corrected chi connectivity index (χ2v) is 6.60. The molecule has 0 unspecified atom stereocenters. The molecule has 2 heterocycles. The van der Waals surface area contributed by atoms with Crippen LogP contribution in [0.4, 0.5) is 0 Å². The summed E-state index contributed by atoms with van der Waals surface area (Å²) in [7, 11) is -3.02. The molecule has 0 N–H and O–H groups in total. The van der Waals surface area contributed by atoms with E-state index in [4.69, 9.17) is 11.6 Å². The lowest BCUT2D eigenvalue weighted by Crippen LogP contribution is -2.50. The lowest BCUT2D eigenvalue weighted by atomic mass is 10.0. The Kier molecular flexibility index (Phi) is 2.98. The van der Waals surface area contributed by atoms with Gasteiger partial charge in [0.15, 0.2) is 0 Å². The molecule has 0 atom stereocenters. The van der Waals surface area contributed by atoms with Crippen molar-refractivity contribution < 1.29 is 8.42 Å². The molecular weight excluding hydrogens is 250 g/mol. The summed E-state index contributed by atoms with van der Waals surface area (Å²) in [4.78, 5) is 0. The molecule has 1 aromatic heterocycles. The molecule has 7 heteroatoms. The van der Waals surface area contributed by atoms with Crippen LogP contribution in [0.1, 0.15) is 5.69 Å². The summed E-state index contributed by atoms with van der Waals surface area (Å²) >= 11 is 5.89. The van der Waals surface area contributed by atoms with Gasteiger partial charge in [-0.2, -0.15) is 5.10 Å². The van der Waals surface area contributed by atoms with Crippen LogP contribution in [0.5, 0.6) is 0 Å². The normalized spacial score (nSPS) is 18.7. The first-order valence-corrected chi connectivity index (χ1v) is 7.23. The van der Waals surface area contributed by atoms with Gasteiger partial charge in [0, 0.05) is 25.6 Å². The second kappa shape index (κ2) is 4.01. The number of rotatable bonds is 3. The fourth-order valence-electron chi connectivity index (χ4n) is 1.76. The summed E-state index contributed by atoms with van der Waals surface area (Å²) < 4.78 is 25.6. The molecule has 0 radical (unpaired) electrons. The number of aromatic nitrogens is 2. The predicted octanol–water partition coefficient (Wildman–Crippen LogP) is 0.736. The maximum atomic E-state index is 11.2. The van der Waals surface area contributed by atoms with Crippen molar-refractivity contribution in [3.05, 3.63) is 16.9 Å². The highest BCUT2D eigenvalue weighted by atomic mass is 35.5. The molecule has 1 aliphatic rings. The molecule has 0 amide bonds. The van der Waals surface area contributed by atoms with Crippen molar-refractivity contribution in [3.63, 3.8) is 0 Å². The van der Waals surface area contributed by atoms with Crippen LogP contribution in [0.3, 0.4) is 0 Å². The van der Waals surface area contributed by atoms with Crippen LogP contribution >= 0.6 is 11.6 Å². The van der Waals surface area contributed by atoms with Crippen LogP contribution in [0, 0.1) is 12.8 Å². The molecule has 5 nitrogen and oxygen atoms in total. The van der Waals surface area contributed by atoms with Gasteiger partial charge >= 0.3 is 0 Å². The van der Waals surface area contributed by atoms with Gasteiger partial charge in [-0.3, -0.25) is 4.68 Å². The first kappa shape index (κ1) is 11.9. The summed E-state index contributed by atoms with van der Waals surface area (Å²) in [5, 5.41) is 4.79. The Morgan fingerprint density at radius 1 is 1.56 bits per heavy atom. The Labute approximate surface area is 100 Å². The Hall–Kier alpha value is -0.590. The lowest BCUT2D eigenvalue weighted by Gasteiger charge is -2.37. The van der Waals surface area contributed by atoms with Gasteiger partial charge in [0.2, 0.25) is 10.0 Å². The fraction of sp³-hybridized carbons (Fsp3) is 0.667. The number of halogens is 1. The van der Waals surface area contributed by atoms with Crippen molar-refractivity contribution in [1.82, 2.24) is 14.1 Å². The molecule has 2 rings (SSSR count). The smallest absolute Gasteiger partial charge is 0.211 e. The highest BCUT2D eigenvalue weighted by molar-refractivity contribution is 7.88. The monoisotopic (exact) mass is 263 g/mol. The molecule has 0 spiro atoms. The van der Waals surface area contributed by atoms with Crippen molar-refractivity contribution in [2.75, 3.05) is 19.3 Å². The van der Waals surface area contributed by atoms with Crippen molar-refractivity contribution in [2.45, 2.75) is 13.5 Å². The molecule has 0 saturated carbocycles. The standard InChI is InChI=1S/C9H14ClN3O2S/c1-7-9(10)3-11-13(7)6-8-4-12(5-8)16(2,14)15/h3,8H,4-6H2,1-2H3. The second-order valence-electron chi connectivity index (χ2n) is 4.21. The number of sulfonamides is 1. The highest BCUT2D eigenvalue weighted by Crippen LogP contribution is 2.22. The van der Waals surface area contributed by atoms with Crippen molar-refractivity contribution in [3.8, 4) is 0 Å². The van der Waals surface area contributed by atoms with Crippen LogP contribution in [-0.4, -0.2) is 41.8 Å². The fourth-order valence-corrected chi connectivity index (χ4v) is 2.87. The molecule has 16 heavy (non-hydrogen) atoms. The number of hydrogen-bond donors (Lipinski definition) is 0. The van der Waals surface area contributed by atoms with Crippen LogP contribution < -0.4 is 0 Å². The minimum absolute atomic E-state index is 0.337. The molecule has 1 aromatic rings. The number of nitrogens with zero attached hydrogens (tertiary/aromatic N) is 3. The van der Waals surface area contributed by atoms with Gasteiger partial charge in [-0.25, -0.2) is 12.7 Å². The van der Waals surface area contributed by atoms with Gasteiger partial charge in [0.1, 0.15) is 0 Å². The number of hydrogen-bond acceptors (Lipinski definition) is 3. The topological polar surface area (TPSA) is 55.2 Å². The maximum Gasteiger partial charge on any atom is 0.211 e. The lowest BCUT2D eigenvalue weighted by molar-refractivity contribution is 0.175. The van der Waals surface area contributed by atoms with Gasteiger partial charge in [-0.05, 0) is 6.92 Å². The minimum Gasteiger partial charge on any atom is -0.268 e. The van der Waals surface area contributed by atoms with Crippen molar-refractivity contribution in [1.29, 1.82) is 0 Å². The first-order chi connectivity index (χ1) is 7.38. The Balaban J connectivity index is 1.93. The van der Waals surface area contributed by atoms with Gasteiger partial charge in [0.05, 0.1) is 23.2 Å². The van der Waals surface area contributed by atoms with E-state index in [1.54, 1.807) is 6.20 Å². The van der Waals surface area contributed by atoms with E-state index in [2.05, 4.69) is 5.10 Å². The molecule has 1 fully saturated rings. The van der Waals surface area contributed by atoms with Gasteiger partial charge in [-0.15, -0.1) is 0 Å². The van der Waals surface area contributed by atoms with Crippen molar-refractivity contribution in [2.24, 2.45) is 5.92 Å². The van der Waals surface area contributed by atoms with Gasteiger partial charge in [0.25, 0.3) is 0 Å². The molecule has 90 valence electrons. The zero-order chi connectivity index (χ0) is 11.9. The van der Waals surface area contributed by atoms with Crippen LogP contribution in [-0.2, 0) is 16.6 Å². The van der Waals surface area contributed by atoms with E-state index < -0.39 is 10.0 Å². The van der Waals surface area contributed by atoms with E-state index in [-0.39, 0.29) is 0 Å². The Morgan fingerprint density at radius 3 is 2.62 bits per heavy atom. The molecule has 1 aliphatic heterocycles. The molecule has 0 bridgehead atoms. The van der Waals surface area contributed by atoms with E-state index in [9.17, 15) is 8.42 Å². The molecule has 0 aliphatic carbocycles. The average Bonchev–Trinajstić information content (AvgIpc) is 2.39. The molecule has 1 saturated heterocycles. The third-order valence-electron chi connectivity index (χ3n) is 2.87. The first-order valence-electron chi connectivity index (χ1n) is 5.01. The summed E-state index contributed by atoms with van der Waals surface area (Å²) in [6.07, 6.45) is 2.85. The van der Waals surface area contributed by atoms with Gasteiger partial charge in [-0.1, -0.05) is 11.6 Å².